The number of ether oxygens (including phenoxy) is 2. The van der Waals surface area contributed by atoms with Crippen LogP contribution in [0.4, 0.5) is 5.69 Å². The third-order valence-corrected chi connectivity index (χ3v) is 2.24. The molecular formula is C11H12N2O2. The van der Waals surface area contributed by atoms with Crippen molar-refractivity contribution >= 4 is 16.6 Å². The molecule has 4 nitrogen and oxygen atoms in total. The number of methoxy groups -OCH3 is 2. The fourth-order valence-corrected chi connectivity index (χ4v) is 1.55. The van der Waals surface area contributed by atoms with Crippen molar-refractivity contribution in [1.82, 2.24) is 4.98 Å². The minimum Gasteiger partial charge on any atom is -0.494 e. The van der Waals surface area contributed by atoms with Crippen LogP contribution in [0.5, 0.6) is 11.6 Å². The Morgan fingerprint density at radius 3 is 2.53 bits per heavy atom. The van der Waals surface area contributed by atoms with Gasteiger partial charge in [-0.1, -0.05) is 12.1 Å². The molecule has 1 aromatic heterocycles. The van der Waals surface area contributed by atoms with Crippen LogP contribution in [0.2, 0.25) is 0 Å². The van der Waals surface area contributed by atoms with Gasteiger partial charge in [-0.3, -0.25) is 0 Å². The maximum absolute atomic E-state index is 5.86. The van der Waals surface area contributed by atoms with E-state index in [4.69, 9.17) is 15.2 Å². The summed E-state index contributed by atoms with van der Waals surface area (Å²) in [5.41, 5.74) is 7.09. The normalized spacial score (nSPS) is 10.3. The molecule has 1 aromatic carbocycles. The summed E-state index contributed by atoms with van der Waals surface area (Å²) in [5, 5.41) is 0.887. The number of anilines is 1. The van der Waals surface area contributed by atoms with Gasteiger partial charge in [0, 0.05) is 5.39 Å². The van der Waals surface area contributed by atoms with E-state index >= 15 is 0 Å². The molecule has 1 heterocycles. The van der Waals surface area contributed by atoms with E-state index in [0.29, 0.717) is 17.3 Å². The number of aromatic nitrogens is 1. The van der Waals surface area contributed by atoms with Crippen molar-refractivity contribution < 1.29 is 9.47 Å². The highest BCUT2D eigenvalue weighted by Crippen LogP contribution is 2.36. The second-order valence-corrected chi connectivity index (χ2v) is 3.09. The van der Waals surface area contributed by atoms with Gasteiger partial charge in [0.15, 0.2) is 5.75 Å². The summed E-state index contributed by atoms with van der Waals surface area (Å²) >= 11 is 0. The van der Waals surface area contributed by atoms with Crippen LogP contribution < -0.4 is 15.2 Å². The third-order valence-electron chi connectivity index (χ3n) is 2.24. The van der Waals surface area contributed by atoms with E-state index in [1.165, 1.54) is 7.11 Å². The first-order valence-corrected chi connectivity index (χ1v) is 4.54. The molecule has 0 aliphatic rings. The zero-order chi connectivity index (χ0) is 10.8. The van der Waals surface area contributed by atoms with Gasteiger partial charge in [0.2, 0.25) is 5.88 Å². The SMILES string of the molecule is COc1nc2ccccc2c(OC)c1N. The van der Waals surface area contributed by atoms with E-state index in [0.717, 1.165) is 10.9 Å². The van der Waals surface area contributed by atoms with Crippen molar-refractivity contribution in [3.63, 3.8) is 0 Å². The summed E-state index contributed by atoms with van der Waals surface area (Å²) in [7, 11) is 3.12. The number of hydrogen-bond donors (Lipinski definition) is 1. The number of rotatable bonds is 2. The van der Waals surface area contributed by atoms with Crippen LogP contribution in [0.1, 0.15) is 0 Å². The quantitative estimate of drug-likeness (QED) is 0.810. The van der Waals surface area contributed by atoms with Crippen LogP contribution in [0, 0.1) is 0 Å². The number of nitrogen functional groups attached to an aromatic ring is 1. The number of benzene rings is 1. The van der Waals surface area contributed by atoms with E-state index in [2.05, 4.69) is 4.98 Å². The Morgan fingerprint density at radius 2 is 1.87 bits per heavy atom. The lowest BCUT2D eigenvalue weighted by atomic mass is 10.2. The van der Waals surface area contributed by atoms with Crippen molar-refractivity contribution in [3.05, 3.63) is 24.3 Å². The van der Waals surface area contributed by atoms with E-state index in [1.807, 2.05) is 24.3 Å². The summed E-state index contributed by atoms with van der Waals surface area (Å²) in [6.07, 6.45) is 0. The zero-order valence-corrected chi connectivity index (χ0v) is 8.65. The first kappa shape index (κ1) is 9.58. The standard InChI is InChI=1S/C11H12N2O2/c1-14-10-7-5-3-4-6-8(7)13-11(15-2)9(10)12/h3-6H,12H2,1-2H3. The molecule has 2 aromatic rings. The minimum atomic E-state index is 0.394. The highest BCUT2D eigenvalue weighted by molar-refractivity contribution is 5.91. The number of hydrogen-bond acceptors (Lipinski definition) is 4. The molecule has 0 saturated heterocycles. The van der Waals surface area contributed by atoms with Gasteiger partial charge in [-0.25, -0.2) is 4.98 Å². The molecule has 0 aliphatic carbocycles. The molecule has 15 heavy (non-hydrogen) atoms. The van der Waals surface area contributed by atoms with Crippen LogP contribution in [-0.4, -0.2) is 19.2 Å². The van der Waals surface area contributed by atoms with Crippen molar-refractivity contribution in [3.8, 4) is 11.6 Å². The van der Waals surface area contributed by atoms with Crippen molar-refractivity contribution in [2.75, 3.05) is 20.0 Å². The molecule has 0 spiro atoms. The van der Waals surface area contributed by atoms with Gasteiger partial charge < -0.3 is 15.2 Å². The Morgan fingerprint density at radius 1 is 1.13 bits per heavy atom. The van der Waals surface area contributed by atoms with Crippen molar-refractivity contribution in [2.45, 2.75) is 0 Å². The molecule has 0 fully saturated rings. The molecular weight excluding hydrogens is 192 g/mol. The van der Waals surface area contributed by atoms with Crippen LogP contribution in [-0.2, 0) is 0 Å². The number of pyridine rings is 1. The summed E-state index contributed by atoms with van der Waals surface area (Å²) in [4.78, 5) is 4.27. The number of nitrogens with two attached hydrogens (primary N) is 1. The second-order valence-electron chi connectivity index (χ2n) is 3.09. The molecule has 0 atom stereocenters. The molecule has 2 N–H and O–H groups in total. The highest BCUT2D eigenvalue weighted by atomic mass is 16.5. The van der Waals surface area contributed by atoms with Gasteiger partial charge in [0.05, 0.1) is 19.7 Å². The molecule has 4 heteroatoms. The lowest BCUT2D eigenvalue weighted by molar-refractivity contribution is 0.390. The number of para-hydroxylation sites is 1. The highest BCUT2D eigenvalue weighted by Gasteiger charge is 2.12. The topological polar surface area (TPSA) is 57.4 Å². The lowest BCUT2D eigenvalue weighted by Gasteiger charge is -2.11. The average molecular weight is 204 g/mol. The predicted octanol–water partition coefficient (Wildman–Crippen LogP) is 1.83. The summed E-state index contributed by atoms with van der Waals surface area (Å²) in [6.45, 7) is 0. The third kappa shape index (κ3) is 1.44. The minimum absolute atomic E-state index is 0.394. The molecule has 0 bridgehead atoms. The fraction of sp³-hybridized carbons (Fsp3) is 0.182. The summed E-state index contributed by atoms with van der Waals surface area (Å²) in [6, 6.07) is 7.62. The Bertz CT molecular complexity index is 497. The van der Waals surface area contributed by atoms with Gasteiger partial charge in [-0.15, -0.1) is 0 Å². The van der Waals surface area contributed by atoms with Crippen molar-refractivity contribution in [2.24, 2.45) is 0 Å². The number of fused-ring (bicyclic) bond motifs is 1. The van der Waals surface area contributed by atoms with Crippen molar-refractivity contribution in [1.29, 1.82) is 0 Å². The maximum atomic E-state index is 5.86. The smallest absolute Gasteiger partial charge is 0.241 e. The molecule has 0 radical (unpaired) electrons. The molecule has 0 unspecified atom stereocenters. The Labute approximate surface area is 87.6 Å². The first-order valence-electron chi connectivity index (χ1n) is 4.54. The summed E-state index contributed by atoms with van der Waals surface area (Å²) in [5.74, 6) is 1.00. The van der Waals surface area contributed by atoms with Crippen LogP contribution in [0.15, 0.2) is 24.3 Å². The van der Waals surface area contributed by atoms with Gasteiger partial charge in [-0.05, 0) is 12.1 Å². The van der Waals surface area contributed by atoms with Crippen LogP contribution in [0.3, 0.4) is 0 Å². The molecule has 78 valence electrons. The van der Waals surface area contributed by atoms with Crippen LogP contribution >= 0.6 is 0 Å². The molecule has 0 saturated carbocycles. The van der Waals surface area contributed by atoms with Gasteiger partial charge in [-0.2, -0.15) is 0 Å². The zero-order valence-electron chi connectivity index (χ0n) is 8.65. The van der Waals surface area contributed by atoms with E-state index in [1.54, 1.807) is 7.11 Å². The Kier molecular flexibility index (Phi) is 2.33. The molecule has 0 amide bonds. The predicted molar refractivity (Wildman–Crippen MR) is 59.3 cm³/mol. The van der Waals surface area contributed by atoms with Gasteiger partial charge in [0.25, 0.3) is 0 Å². The monoisotopic (exact) mass is 204 g/mol. The van der Waals surface area contributed by atoms with Gasteiger partial charge in [0.1, 0.15) is 5.69 Å². The maximum Gasteiger partial charge on any atom is 0.241 e. The van der Waals surface area contributed by atoms with Crippen LogP contribution in [0.25, 0.3) is 10.9 Å². The Hall–Kier alpha value is -1.97. The lowest BCUT2D eigenvalue weighted by Crippen LogP contribution is -2.00. The summed E-state index contributed by atoms with van der Waals surface area (Å²) < 4.78 is 10.3. The second kappa shape index (κ2) is 3.65. The van der Waals surface area contributed by atoms with E-state index in [9.17, 15) is 0 Å². The molecule has 2 rings (SSSR count). The first-order chi connectivity index (χ1) is 7.27. The van der Waals surface area contributed by atoms with E-state index < -0.39 is 0 Å². The average Bonchev–Trinajstić information content (AvgIpc) is 2.28. The Balaban J connectivity index is 2.83. The van der Waals surface area contributed by atoms with Gasteiger partial charge >= 0.3 is 0 Å². The number of nitrogens with zero attached hydrogens (tertiary/aromatic N) is 1. The largest absolute Gasteiger partial charge is 0.494 e. The van der Waals surface area contributed by atoms with E-state index in [-0.39, 0.29) is 0 Å². The molecule has 0 aliphatic heterocycles. The fourth-order valence-electron chi connectivity index (χ4n) is 1.55.